The standard InChI is InChI=1S/C19H19ClN4O2S/c20-14-5-1-6-15(10-14)21-19(25)13-4-2-8-24(11-13)12-17-22-18(23-26-17)16-7-3-9-27-16/h1,3,5-7,9-10,13H,2,4,8,11-12H2,(H,21,25). The van der Waals surface area contributed by atoms with Crippen molar-refractivity contribution in [2.45, 2.75) is 19.4 Å². The molecule has 1 atom stereocenters. The number of anilines is 1. The van der Waals surface area contributed by atoms with Gasteiger partial charge in [-0.2, -0.15) is 4.98 Å². The smallest absolute Gasteiger partial charge is 0.241 e. The lowest BCUT2D eigenvalue weighted by atomic mass is 9.97. The van der Waals surface area contributed by atoms with Gasteiger partial charge in [0.05, 0.1) is 17.3 Å². The van der Waals surface area contributed by atoms with Crippen LogP contribution in [0.5, 0.6) is 0 Å². The monoisotopic (exact) mass is 402 g/mol. The van der Waals surface area contributed by atoms with Crippen LogP contribution in [0, 0.1) is 5.92 Å². The van der Waals surface area contributed by atoms with E-state index in [1.165, 1.54) is 0 Å². The number of rotatable bonds is 5. The lowest BCUT2D eigenvalue weighted by Gasteiger charge is -2.30. The van der Waals surface area contributed by atoms with E-state index >= 15 is 0 Å². The third kappa shape index (κ3) is 4.55. The molecule has 0 bridgehead atoms. The SMILES string of the molecule is O=C(Nc1cccc(Cl)c1)C1CCCN(Cc2nc(-c3cccs3)no2)C1. The van der Waals surface area contributed by atoms with Gasteiger partial charge in [0, 0.05) is 17.3 Å². The molecule has 27 heavy (non-hydrogen) atoms. The Morgan fingerprint density at radius 1 is 1.37 bits per heavy atom. The van der Waals surface area contributed by atoms with E-state index in [1.54, 1.807) is 23.5 Å². The molecule has 1 amide bonds. The predicted molar refractivity (Wildman–Crippen MR) is 106 cm³/mol. The molecule has 1 aliphatic rings. The highest BCUT2D eigenvalue weighted by Gasteiger charge is 2.27. The lowest BCUT2D eigenvalue weighted by Crippen LogP contribution is -2.40. The van der Waals surface area contributed by atoms with Crippen LogP contribution in [-0.2, 0) is 11.3 Å². The van der Waals surface area contributed by atoms with E-state index < -0.39 is 0 Å². The van der Waals surface area contributed by atoms with Gasteiger partial charge in [0.2, 0.25) is 17.6 Å². The molecule has 2 aromatic heterocycles. The number of hydrogen-bond donors (Lipinski definition) is 1. The summed E-state index contributed by atoms with van der Waals surface area (Å²) in [5.41, 5.74) is 0.724. The summed E-state index contributed by atoms with van der Waals surface area (Å²) in [7, 11) is 0. The number of piperidine rings is 1. The van der Waals surface area contributed by atoms with Crippen molar-refractivity contribution in [3.8, 4) is 10.7 Å². The molecule has 3 heterocycles. The number of likely N-dealkylation sites (tertiary alicyclic amines) is 1. The Morgan fingerprint density at radius 2 is 2.30 bits per heavy atom. The Balaban J connectivity index is 1.36. The Bertz CT molecular complexity index is 912. The van der Waals surface area contributed by atoms with Crippen molar-refractivity contribution in [3.05, 3.63) is 52.7 Å². The van der Waals surface area contributed by atoms with E-state index in [1.807, 2.05) is 29.6 Å². The number of nitrogens with zero attached hydrogens (tertiary/aromatic N) is 3. The highest BCUT2D eigenvalue weighted by Crippen LogP contribution is 2.24. The molecule has 1 N–H and O–H groups in total. The summed E-state index contributed by atoms with van der Waals surface area (Å²) in [4.78, 5) is 20.3. The molecule has 1 fully saturated rings. The average Bonchev–Trinajstić information content (AvgIpc) is 3.33. The number of benzene rings is 1. The third-order valence-corrected chi connectivity index (χ3v) is 5.64. The van der Waals surface area contributed by atoms with E-state index in [0.29, 0.717) is 29.8 Å². The van der Waals surface area contributed by atoms with Crippen molar-refractivity contribution < 1.29 is 9.32 Å². The molecular weight excluding hydrogens is 384 g/mol. The molecule has 8 heteroatoms. The maximum absolute atomic E-state index is 12.6. The molecule has 1 aromatic carbocycles. The maximum atomic E-state index is 12.6. The van der Waals surface area contributed by atoms with Gasteiger partial charge < -0.3 is 9.84 Å². The van der Waals surface area contributed by atoms with Crippen molar-refractivity contribution in [3.63, 3.8) is 0 Å². The van der Waals surface area contributed by atoms with Crippen LogP contribution < -0.4 is 5.32 Å². The minimum absolute atomic E-state index is 0.0202. The first-order chi connectivity index (χ1) is 13.2. The quantitative estimate of drug-likeness (QED) is 0.688. The number of hydrogen-bond acceptors (Lipinski definition) is 6. The zero-order chi connectivity index (χ0) is 18.6. The lowest BCUT2D eigenvalue weighted by molar-refractivity contribution is -0.121. The van der Waals surface area contributed by atoms with Crippen LogP contribution in [-0.4, -0.2) is 34.0 Å². The molecular formula is C19H19ClN4O2S. The van der Waals surface area contributed by atoms with Crippen molar-refractivity contribution in [1.82, 2.24) is 15.0 Å². The first-order valence-corrected chi connectivity index (χ1v) is 10.1. The fourth-order valence-corrected chi connectivity index (χ4v) is 4.08. The van der Waals surface area contributed by atoms with Gasteiger partial charge in [0.1, 0.15) is 0 Å². The van der Waals surface area contributed by atoms with Crippen LogP contribution in [0.25, 0.3) is 10.7 Å². The zero-order valence-corrected chi connectivity index (χ0v) is 16.2. The molecule has 0 saturated carbocycles. The van der Waals surface area contributed by atoms with E-state index in [9.17, 15) is 4.79 Å². The van der Waals surface area contributed by atoms with Crippen molar-refractivity contribution in [1.29, 1.82) is 0 Å². The first kappa shape index (κ1) is 18.2. The molecule has 0 radical (unpaired) electrons. The number of carbonyl (C=O) groups is 1. The minimum Gasteiger partial charge on any atom is -0.338 e. The van der Waals surface area contributed by atoms with E-state index in [-0.39, 0.29) is 11.8 Å². The third-order valence-electron chi connectivity index (χ3n) is 4.54. The van der Waals surface area contributed by atoms with Crippen LogP contribution in [0.4, 0.5) is 5.69 Å². The van der Waals surface area contributed by atoms with Crippen molar-refractivity contribution in [2.24, 2.45) is 5.92 Å². The van der Waals surface area contributed by atoms with Crippen LogP contribution in [0.3, 0.4) is 0 Å². The number of aromatic nitrogens is 2. The Hall–Kier alpha value is -2.22. The number of halogens is 1. The molecule has 6 nitrogen and oxygen atoms in total. The Labute approximate surface area is 166 Å². The second-order valence-corrected chi connectivity index (χ2v) is 7.95. The normalized spacial score (nSPS) is 17.7. The average molecular weight is 403 g/mol. The second-order valence-electron chi connectivity index (χ2n) is 6.56. The molecule has 1 aliphatic heterocycles. The summed E-state index contributed by atoms with van der Waals surface area (Å²) in [6.07, 6.45) is 1.83. The highest BCUT2D eigenvalue weighted by atomic mass is 35.5. The number of thiophene rings is 1. The summed E-state index contributed by atoms with van der Waals surface area (Å²) in [5, 5.41) is 9.60. The number of nitrogens with one attached hydrogen (secondary N) is 1. The van der Waals surface area contributed by atoms with Gasteiger partial charge in [-0.15, -0.1) is 11.3 Å². The van der Waals surface area contributed by atoms with Gasteiger partial charge in [0.25, 0.3) is 0 Å². The molecule has 4 rings (SSSR count). The molecule has 3 aromatic rings. The van der Waals surface area contributed by atoms with E-state index in [0.717, 1.165) is 30.0 Å². The summed E-state index contributed by atoms with van der Waals surface area (Å²) < 4.78 is 5.38. The van der Waals surface area contributed by atoms with E-state index in [2.05, 4.69) is 20.4 Å². The fraction of sp³-hybridized carbons (Fsp3) is 0.316. The summed E-state index contributed by atoms with van der Waals surface area (Å²) in [5.74, 6) is 1.14. The highest BCUT2D eigenvalue weighted by molar-refractivity contribution is 7.13. The first-order valence-electron chi connectivity index (χ1n) is 8.82. The fourth-order valence-electron chi connectivity index (χ4n) is 3.24. The van der Waals surface area contributed by atoms with Gasteiger partial charge in [-0.1, -0.05) is 28.9 Å². The minimum atomic E-state index is -0.0718. The maximum Gasteiger partial charge on any atom is 0.241 e. The number of carbonyl (C=O) groups excluding carboxylic acids is 1. The Kier molecular flexibility index (Phi) is 5.52. The topological polar surface area (TPSA) is 71.3 Å². The zero-order valence-electron chi connectivity index (χ0n) is 14.6. The molecule has 1 unspecified atom stereocenters. The summed E-state index contributed by atoms with van der Waals surface area (Å²) in [6.45, 7) is 2.14. The second kappa shape index (κ2) is 8.21. The van der Waals surface area contributed by atoms with Crippen LogP contribution >= 0.6 is 22.9 Å². The van der Waals surface area contributed by atoms with Crippen LogP contribution in [0.15, 0.2) is 46.3 Å². The molecule has 0 spiro atoms. The van der Waals surface area contributed by atoms with Gasteiger partial charge in [-0.05, 0) is 49.0 Å². The largest absolute Gasteiger partial charge is 0.338 e. The molecule has 1 saturated heterocycles. The summed E-state index contributed by atoms with van der Waals surface area (Å²) >= 11 is 7.57. The van der Waals surface area contributed by atoms with E-state index in [4.69, 9.17) is 16.1 Å². The van der Waals surface area contributed by atoms with Gasteiger partial charge in [-0.3, -0.25) is 9.69 Å². The van der Waals surface area contributed by atoms with Crippen molar-refractivity contribution >= 4 is 34.5 Å². The Morgan fingerprint density at radius 3 is 3.11 bits per heavy atom. The van der Waals surface area contributed by atoms with Crippen LogP contribution in [0.1, 0.15) is 18.7 Å². The molecule has 140 valence electrons. The number of amides is 1. The predicted octanol–water partition coefficient (Wildman–Crippen LogP) is 4.30. The van der Waals surface area contributed by atoms with Gasteiger partial charge in [0.15, 0.2) is 0 Å². The molecule has 0 aliphatic carbocycles. The van der Waals surface area contributed by atoms with Gasteiger partial charge in [-0.25, -0.2) is 0 Å². The van der Waals surface area contributed by atoms with Crippen LogP contribution in [0.2, 0.25) is 5.02 Å². The van der Waals surface area contributed by atoms with Gasteiger partial charge >= 0.3 is 0 Å². The van der Waals surface area contributed by atoms with Crippen molar-refractivity contribution in [2.75, 3.05) is 18.4 Å². The summed E-state index contributed by atoms with van der Waals surface area (Å²) in [6, 6.07) is 11.1.